The Bertz CT molecular complexity index is 506. The van der Waals surface area contributed by atoms with Gasteiger partial charge in [0.05, 0.1) is 18.2 Å². The van der Waals surface area contributed by atoms with Crippen LogP contribution in [-0.2, 0) is 6.54 Å². The van der Waals surface area contributed by atoms with Crippen molar-refractivity contribution in [2.45, 2.75) is 45.2 Å². The fourth-order valence-corrected chi connectivity index (χ4v) is 4.51. The van der Waals surface area contributed by atoms with E-state index in [9.17, 15) is 0 Å². The third kappa shape index (κ3) is 3.21. The van der Waals surface area contributed by atoms with Gasteiger partial charge in [-0.3, -0.25) is 0 Å². The molecule has 0 aliphatic heterocycles. The van der Waals surface area contributed by atoms with Gasteiger partial charge in [-0.2, -0.15) is 0 Å². The smallest absolute Gasteiger partial charge is 0.175 e. The molecule has 2 aliphatic rings. The molecule has 3 atom stereocenters. The van der Waals surface area contributed by atoms with E-state index in [1.165, 1.54) is 31.2 Å². The summed E-state index contributed by atoms with van der Waals surface area (Å²) >= 11 is 3.59. The molecule has 2 aliphatic carbocycles. The van der Waals surface area contributed by atoms with Gasteiger partial charge in [0.15, 0.2) is 11.5 Å². The lowest BCUT2D eigenvalue weighted by Gasteiger charge is -2.23. The molecular formula is C17H24BrNO2. The first-order valence-electron chi connectivity index (χ1n) is 7.93. The lowest BCUT2D eigenvalue weighted by atomic mass is 9.95. The van der Waals surface area contributed by atoms with Crippen molar-refractivity contribution in [3.63, 3.8) is 0 Å². The molecule has 0 spiro atoms. The van der Waals surface area contributed by atoms with Gasteiger partial charge in [-0.15, -0.1) is 0 Å². The van der Waals surface area contributed by atoms with Crippen LogP contribution in [0.2, 0.25) is 0 Å². The zero-order chi connectivity index (χ0) is 14.8. The van der Waals surface area contributed by atoms with Gasteiger partial charge in [0.1, 0.15) is 0 Å². The number of ether oxygens (including phenoxy) is 2. The first kappa shape index (κ1) is 15.2. The molecule has 0 aromatic heterocycles. The van der Waals surface area contributed by atoms with Crippen molar-refractivity contribution >= 4 is 15.9 Å². The highest BCUT2D eigenvalue weighted by molar-refractivity contribution is 9.10. The minimum Gasteiger partial charge on any atom is -0.493 e. The van der Waals surface area contributed by atoms with Crippen LogP contribution in [0.4, 0.5) is 0 Å². The molecule has 4 heteroatoms. The number of benzene rings is 1. The molecule has 0 saturated heterocycles. The highest BCUT2D eigenvalue weighted by Crippen LogP contribution is 2.44. The Morgan fingerprint density at radius 2 is 2.14 bits per heavy atom. The number of halogens is 1. The van der Waals surface area contributed by atoms with E-state index >= 15 is 0 Å². The number of hydrogen-bond donors (Lipinski definition) is 1. The topological polar surface area (TPSA) is 30.5 Å². The molecule has 1 aromatic rings. The van der Waals surface area contributed by atoms with E-state index in [0.717, 1.165) is 34.4 Å². The van der Waals surface area contributed by atoms with Crippen molar-refractivity contribution in [3.8, 4) is 11.5 Å². The standard InChI is InChI=1S/C17H24BrNO2/c1-3-21-17-14(18)7-12(9-16(17)20-2)10-19-15-8-11-4-5-13(15)6-11/h7,9,11,13,15,19H,3-6,8,10H2,1-2H3. The maximum absolute atomic E-state index is 5.64. The zero-order valence-electron chi connectivity index (χ0n) is 12.8. The van der Waals surface area contributed by atoms with Crippen LogP contribution in [0.1, 0.15) is 38.2 Å². The van der Waals surface area contributed by atoms with Crippen LogP contribution in [0.25, 0.3) is 0 Å². The molecule has 3 rings (SSSR count). The van der Waals surface area contributed by atoms with Crippen molar-refractivity contribution in [2.75, 3.05) is 13.7 Å². The van der Waals surface area contributed by atoms with Crippen LogP contribution >= 0.6 is 15.9 Å². The summed E-state index contributed by atoms with van der Waals surface area (Å²) in [7, 11) is 1.69. The van der Waals surface area contributed by atoms with Gasteiger partial charge in [-0.05, 0) is 71.6 Å². The number of nitrogens with one attached hydrogen (secondary N) is 1. The van der Waals surface area contributed by atoms with Crippen molar-refractivity contribution in [1.82, 2.24) is 5.32 Å². The van der Waals surface area contributed by atoms with E-state index in [1.807, 2.05) is 6.92 Å². The summed E-state index contributed by atoms with van der Waals surface area (Å²) in [5.41, 5.74) is 1.24. The second-order valence-electron chi connectivity index (χ2n) is 6.20. The Morgan fingerprint density at radius 3 is 2.76 bits per heavy atom. The number of rotatable bonds is 6. The van der Waals surface area contributed by atoms with E-state index < -0.39 is 0 Å². The van der Waals surface area contributed by atoms with Crippen LogP contribution in [0.5, 0.6) is 11.5 Å². The maximum atomic E-state index is 5.64. The summed E-state index contributed by atoms with van der Waals surface area (Å²) in [6.45, 7) is 3.52. The molecule has 2 fully saturated rings. The van der Waals surface area contributed by atoms with Gasteiger partial charge in [-0.25, -0.2) is 0 Å². The Labute approximate surface area is 135 Å². The van der Waals surface area contributed by atoms with E-state index in [4.69, 9.17) is 9.47 Å². The normalized spacial score (nSPS) is 27.1. The maximum Gasteiger partial charge on any atom is 0.175 e. The molecule has 1 N–H and O–H groups in total. The van der Waals surface area contributed by atoms with E-state index in [0.29, 0.717) is 12.6 Å². The van der Waals surface area contributed by atoms with E-state index in [2.05, 4.69) is 33.4 Å². The highest BCUT2D eigenvalue weighted by Gasteiger charge is 2.38. The Balaban J connectivity index is 1.66. The summed E-state index contributed by atoms with van der Waals surface area (Å²) in [5, 5.41) is 3.74. The summed E-state index contributed by atoms with van der Waals surface area (Å²) in [4.78, 5) is 0. The number of methoxy groups -OCH3 is 1. The van der Waals surface area contributed by atoms with E-state index in [-0.39, 0.29) is 0 Å². The summed E-state index contributed by atoms with van der Waals surface area (Å²) in [6, 6.07) is 4.92. The molecule has 0 amide bonds. The molecule has 3 nitrogen and oxygen atoms in total. The lowest BCUT2D eigenvalue weighted by molar-refractivity contribution is 0.308. The minimum atomic E-state index is 0.637. The monoisotopic (exact) mass is 353 g/mol. The average Bonchev–Trinajstić information content (AvgIpc) is 3.10. The van der Waals surface area contributed by atoms with Crippen molar-refractivity contribution in [3.05, 3.63) is 22.2 Å². The predicted octanol–water partition coefficient (Wildman–Crippen LogP) is 4.13. The summed E-state index contributed by atoms with van der Waals surface area (Å²) in [5.74, 6) is 3.48. The second kappa shape index (κ2) is 6.57. The zero-order valence-corrected chi connectivity index (χ0v) is 14.4. The minimum absolute atomic E-state index is 0.637. The molecule has 116 valence electrons. The number of fused-ring (bicyclic) bond motifs is 2. The molecule has 21 heavy (non-hydrogen) atoms. The van der Waals surface area contributed by atoms with Gasteiger partial charge in [0, 0.05) is 12.6 Å². The average molecular weight is 354 g/mol. The predicted molar refractivity (Wildman–Crippen MR) is 87.9 cm³/mol. The molecule has 3 unspecified atom stereocenters. The van der Waals surface area contributed by atoms with Gasteiger partial charge < -0.3 is 14.8 Å². The second-order valence-corrected chi connectivity index (χ2v) is 7.06. The first-order valence-corrected chi connectivity index (χ1v) is 8.73. The van der Waals surface area contributed by atoms with Gasteiger partial charge in [0.25, 0.3) is 0 Å². The van der Waals surface area contributed by atoms with Gasteiger partial charge in [-0.1, -0.05) is 6.42 Å². The molecule has 0 radical (unpaired) electrons. The van der Waals surface area contributed by atoms with Gasteiger partial charge >= 0.3 is 0 Å². The fourth-order valence-electron chi connectivity index (χ4n) is 3.90. The van der Waals surface area contributed by atoms with Crippen molar-refractivity contribution in [1.29, 1.82) is 0 Å². The van der Waals surface area contributed by atoms with Crippen molar-refractivity contribution in [2.24, 2.45) is 11.8 Å². The molecule has 2 saturated carbocycles. The quantitative estimate of drug-likeness (QED) is 0.833. The van der Waals surface area contributed by atoms with Crippen LogP contribution in [0.15, 0.2) is 16.6 Å². The lowest BCUT2D eigenvalue weighted by Crippen LogP contribution is -2.33. The highest BCUT2D eigenvalue weighted by atomic mass is 79.9. The fraction of sp³-hybridized carbons (Fsp3) is 0.647. The van der Waals surface area contributed by atoms with E-state index in [1.54, 1.807) is 7.11 Å². The Kier molecular flexibility index (Phi) is 4.75. The Hall–Kier alpha value is -0.740. The number of hydrogen-bond acceptors (Lipinski definition) is 3. The molecule has 1 aromatic carbocycles. The Morgan fingerprint density at radius 1 is 1.29 bits per heavy atom. The largest absolute Gasteiger partial charge is 0.493 e. The SMILES string of the molecule is CCOc1c(Br)cc(CNC2CC3CCC2C3)cc1OC. The van der Waals surface area contributed by atoms with Crippen LogP contribution in [-0.4, -0.2) is 19.8 Å². The third-order valence-corrected chi connectivity index (χ3v) is 5.47. The van der Waals surface area contributed by atoms with Crippen molar-refractivity contribution < 1.29 is 9.47 Å². The molecule has 0 heterocycles. The van der Waals surface area contributed by atoms with Crippen LogP contribution in [0.3, 0.4) is 0 Å². The molecule has 2 bridgehead atoms. The van der Waals surface area contributed by atoms with Crippen LogP contribution < -0.4 is 14.8 Å². The third-order valence-electron chi connectivity index (χ3n) is 4.88. The first-order chi connectivity index (χ1) is 10.2. The summed E-state index contributed by atoms with van der Waals surface area (Å²) < 4.78 is 12.1. The van der Waals surface area contributed by atoms with Gasteiger partial charge in [0.2, 0.25) is 0 Å². The molecular weight excluding hydrogens is 330 g/mol. The van der Waals surface area contributed by atoms with Crippen LogP contribution in [0, 0.1) is 11.8 Å². The summed E-state index contributed by atoms with van der Waals surface area (Å²) in [6.07, 6.45) is 5.66.